The van der Waals surface area contributed by atoms with Gasteiger partial charge < -0.3 is 5.32 Å². The van der Waals surface area contributed by atoms with Crippen molar-refractivity contribution < 1.29 is 9.59 Å². The third kappa shape index (κ3) is 3.56. The van der Waals surface area contributed by atoms with E-state index in [1.54, 1.807) is 4.90 Å². The minimum absolute atomic E-state index is 0.0412. The summed E-state index contributed by atoms with van der Waals surface area (Å²) >= 11 is 1.44. The van der Waals surface area contributed by atoms with Crippen LogP contribution < -0.4 is 10.2 Å². The summed E-state index contributed by atoms with van der Waals surface area (Å²) in [5.41, 5.74) is 2.69. The number of rotatable bonds is 4. The van der Waals surface area contributed by atoms with E-state index in [2.05, 4.69) is 10.3 Å². The van der Waals surface area contributed by atoms with E-state index in [-0.39, 0.29) is 24.4 Å². The molecule has 0 spiro atoms. The summed E-state index contributed by atoms with van der Waals surface area (Å²) in [4.78, 5) is 30.3. The quantitative estimate of drug-likeness (QED) is 0.925. The second-order valence-electron chi connectivity index (χ2n) is 5.38. The van der Waals surface area contributed by atoms with Gasteiger partial charge in [0.2, 0.25) is 11.8 Å². The van der Waals surface area contributed by atoms with Crippen molar-refractivity contribution in [2.75, 3.05) is 17.2 Å². The molecule has 1 aliphatic rings. The normalized spacial score (nSPS) is 15.6. The fourth-order valence-corrected chi connectivity index (χ4v) is 3.32. The van der Waals surface area contributed by atoms with E-state index >= 15 is 0 Å². The van der Waals surface area contributed by atoms with Gasteiger partial charge >= 0.3 is 0 Å². The Morgan fingerprint density at radius 2 is 2.24 bits per heavy atom. The summed E-state index contributed by atoms with van der Waals surface area (Å²) in [6.07, 6.45) is 0.867. The third-order valence-corrected chi connectivity index (χ3v) is 4.45. The molecule has 2 rings (SSSR count). The molecule has 0 unspecified atom stereocenters. The monoisotopic (exact) mass is 307 g/mol. The van der Waals surface area contributed by atoms with Gasteiger partial charge in [-0.25, -0.2) is 4.98 Å². The lowest BCUT2D eigenvalue weighted by Crippen LogP contribution is -2.45. The van der Waals surface area contributed by atoms with Gasteiger partial charge in [-0.1, -0.05) is 18.7 Å². The van der Waals surface area contributed by atoms with Gasteiger partial charge in [0.25, 0.3) is 0 Å². The molecule has 1 aromatic rings. The number of aromatic nitrogens is 1. The van der Waals surface area contributed by atoms with E-state index in [9.17, 15) is 9.59 Å². The summed E-state index contributed by atoms with van der Waals surface area (Å²) in [6.45, 7) is 7.91. The molecule has 1 aliphatic heterocycles. The summed E-state index contributed by atoms with van der Waals surface area (Å²) in [6, 6.07) is 2.06. The molecule has 2 heterocycles. The lowest BCUT2D eigenvalue weighted by molar-refractivity contribution is -0.123. The lowest BCUT2D eigenvalue weighted by Gasteiger charge is -2.30. The largest absolute Gasteiger partial charge is 0.352 e. The number of hydrogen-bond acceptors (Lipinski definition) is 4. The second-order valence-corrected chi connectivity index (χ2v) is 6.34. The van der Waals surface area contributed by atoms with Crippen molar-refractivity contribution in [1.82, 2.24) is 10.3 Å². The van der Waals surface area contributed by atoms with Gasteiger partial charge in [-0.05, 0) is 38.8 Å². The van der Waals surface area contributed by atoms with Crippen LogP contribution in [0.3, 0.4) is 0 Å². The number of pyridine rings is 1. The van der Waals surface area contributed by atoms with Crippen LogP contribution in [0.1, 0.15) is 31.5 Å². The number of nitrogens with zero attached hydrogens (tertiary/aromatic N) is 2. The molecule has 5 nitrogen and oxygen atoms in total. The SMILES string of the molecule is CC[C@H](C)NC(=O)CN1C(=O)CSc2nc(C)cc(C)c21. The molecule has 2 amide bonds. The van der Waals surface area contributed by atoms with Crippen LogP contribution in [0.5, 0.6) is 0 Å². The summed E-state index contributed by atoms with van der Waals surface area (Å²) < 4.78 is 0. The number of anilines is 1. The number of hydrogen-bond donors (Lipinski definition) is 1. The van der Waals surface area contributed by atoms with E-state index < -0.39 is 0 Å². The Bertz CT molecular complexity index is 574. The van der Waals surface area contributed by atoms with Gasteiger partial charge in [-0.2, -0.15) is 0 Å². The highest BCUT2D eigenvalue weighted by Gasteiger charge is 2.29. The van der Waals surface area contributed by atoms with Crippen molar-refractivity contribution in [1.29, 1.82) is 0 Å². The Labute approximate surface area is 129 Å². The van der Waals surface area contributed by atoms with Crippen molar-refractivity contribution in [3.8, 4) is 0 Å². The zero-order chi connectivity index (χ0) is 15.6. The Morgan fingerprint density at radius 3 is 2.90 bits per heavy atom. The van der Waals surface area contributed by atoms with Gasteiger partial charge in [0.15, 0.2) is 0 Å². The first-order chi connectivity index (χ1) is 9.92. The minimum Gasteiger partial charge on any atom is -0.352 e. The molecule has 1 atom stereocenters. The highest BCUT2D eigenvalue weighted by molar-refractivity contribution is 8.00. The third-order valence-electron chi connectivity index (χ3n) is 3.50. The molecule has 6 heteroatoms. The van der Waals surface area contributed by atoms with Crippen LogP contribution in [0.25, 0.3) is 0 Å². The topological polar surface area (TPSA) is 62.3 Å². The summed E-state index contributed by atoms with van der Waals surface area (Å²) in [7, 11) is 0. The van der Waals surface area contributed by atoms with E-state index in [0.717, 1.165) is 28.4 Å². The number of carbonyl (C=O) groups excluding carboxylic acids is 2. The molecule has 114 valence electrons. The van der Waals surface area contributed by atoms with Gasteiger partial charge in [-0.15, -0.1) is 0 Å². The van der Waals surface area contributed by atoms with E-state index in [1.807, 2.05) is 33.8 Å². The van der Waals surface area contributed by atoms with Crippen LogP contribution in [0.4, 0.5) is 5.69 Å². The molecule has 0 saturated carbocycles. The minimum atomic E-state index is -0.129. The maximum atomic E-state index is 12.2. The van der Waals surface area contributed by atoms with Crippen LogP contribution in [0, 0.1) is 13.8 Å². The average Bonchev–Trinajstić information content (AvgIpc) is 2.41. The lowest BCUT2D eigenvalue weighted by atomic mass is 10.2. The molecule has 0 saturated heterocycles. The van der Waals surface area contributed by atoms with E-state index in [4.69, 9.17) is 0 Å². The molecule has 0 radical (unpaired) electrons. The second kappa shape index (κ2) is 6.47. The summed E-state index contributed by atoms with van der Waals surface area (Å²) in [5.74, 6) is 0.163. The average molecular weight is 307 g/mol. The first-order valence-corrected chi connectivity index (χ1v) is 8.11. The molecular formula is C15H21N3O2S. The van der Waals surface area contributed by atoms with Crippen LogP contribution in [0.15, 0.2) is 11.1 Å². The van der Waals surface area contributed by atoms with Crippen molar-refractivity contribution >= 4 is 29.3 Å². The number of amides is 2. The first kappa shape index (κ1) is 15.8. The molecule has 0 fully saturated rings. The van der Waals surface area contributed by atoms with Gasteiger partial charge in [0.1, 0.15) is 11.6 Å². The zero-order valence-electron chi connectivity index (χ0n) is 12.9. The highest BCUT2D eigenvalue weighted by Crippen LogP contribution is 2.36. The van der Waals surface area contributed by atoms with Crippen LogP contribution in [0.2, 0.25) is 0 Å². The predicted octanol–water partition coefficient (Wildman–Crippen LogP) is 2.05. The van der Waals surface area contributed by atoms with Crippen LogP contribution in [-0.4, -0.2) is 35.1 Å². The molecule has 1 N–H and O–H groups in total. The molecular weight excluding hydrogens is 286 g/mol. The van der Waals surface area contributed by atoms with Gasteiger partial charge in [-0.3, -0.25) is 14.5 Å². The fraction of sp³-hybridized carbons (Fsp3) is 0.533. The fourth-order valence-electron chi connectivity index (χ4n) is 2.29. The Kier molecular flexibility index (Phi) is 4.88. The maximum Gasteiger partial charge on any atom is 0.240 e. The number of aryl methyl sites for hydroxylation is 2. The molecule has 0 aliphatic carbocycles. The van der Waals surface area contributed by atoms with E-state index in [1.165, 1.54) is 11.8 Å². The Hall–Kier alpha value is -1.56. The number of carbonyl (C=O) groups is 2. The van der Waals surface area contributed by atoms with E-state index in [0.29, 0.717) is 5.75 Å². The maximum absolute atomic E-state index is 12.2. The van der Waals surface area contributed by atoms with Crippen molar-refractivity contribution in [2.45, 2.75) is 45.2 Å². The molecule has 1 aromatic heterocycles. The van der Waals surface area contributed by atoms with Gasteiger partial charge in [0.05, 0.1) is 11.4 Å². The summed E-state index contributed by atoms with van der Waals surface area (Å²) in [5, 5.41) is 3.74. The molecule has 0 aromatic carbocycles. The predicted molar refractivity (Wildman–Crippen MR) is 84.7 cm³/mol. The van der Waals surface area contributed by atoms with Crippen LogP contribution in [-0.2, 0) is 9.59 Å². The highest BCUT2D eigenvalue weighted by atomic mass is 32.2. The molecule has 0 bridgehead atoms. The van der Waals surface area contributed by atoms with Crippen LogP contribution >= 0.6 is 11.8 Å². The van der Waals surface area contributed by atoms with Crippen molar-refractivity contribution in [3.05, 3.63) is 17.3 Å². The Morgan fingerprint density at radius 1 is 1.52 bits per heavy atom. The number of nitrogens with one attached hydrogen (secondary N) is 1. The first-order valence-electron chi connectivity index (χ1n) is 7.13. The Balaban J connectivity index is 2.25. The standard InChI is InChI=1S/C15H21N3O2S/c1-5-10(3)16-12(19)7-18-13(20)8-21-15-14(18)9(2)6-11(4)17-15/h6,10H,5,7-8H2,1-4H3,(H,16,19)/t10-/m0/s1. The van der Waals surface area contributed by atoms with Gasteiger partial charge in [0, 0.05) is 11.7 Å². The van der Waals surface area contributed by atoms with Crippen molar-refractivity contribution in [3.63, 3.8) is 0 Å². The molecule has 21 heavy (non-hydrogen) atoms. The number of fused-ring (bicyclic) bond motifs is 1. The zero-order valence-corrected chi connectivity index (χ0v) is 13.7. The van der Waals surface area contributed by atoms with Crippen molar-refractivity contribution in [2.24, 2.45) is 0 Å². The number of thioether (sulfide) groups is 1. The smallest absolute Gasteiger partial charge is 0.240 e.